The van der Waals surface area contributed by atoms with Crippen LogP contribution < -0.4 is 0 Å². The van der Waals surface area contributed by atoms with Crippen molar-refractivity contribution in [1.29, 1.82) is 0 Å². The number of amides is 2. The molecule has 31 heavy (non-hydrogen) atoms. The second-order valence-electron chi connectivity index (χ2n) is 7.52. The normalized spacial score (nSPS) is 14.8. The maximum atomic E-state index is 12.1. The molecular weight excluding hydrogens is 404 g/mol. The molecule has 0 radical (unpaired) electrons. The van der Waals surface area contributed by atoms with E-state index in [4.69, 9.17) is 18.9 Å². The van der Waals surface area contributed by atoms with Crippen molar-refractivity contribution in [2.24, 2.45) is 5.92 Å². The van der Waals surface area contributed by atoms with Gasteiger partial charge in [-0.2, -0.15) is 0 Å². The Hall–Kier alpha value is -1.81. The van der Waals surface area contributed by atoms with Gasteiger partial charge in [0.2, 0.25) is 11.8 Å². The van der Waals surface area contributed by atoms with Crippen molar-refractivity contribution in [1.82, 2.24) is 9.80 Å². The van der Waals surface area contributed by atoms with Crippen LogP contribution in [0, 0.1) is 5.92 Å². The number of allylic oxidation sites excluding steroid dienone is 1. The summed E-state index contributed by atoms with van der Waals surface area (Å²) in [6, 6.07) is 0. The number of ether oxygens (including phenoxy) is 4. The summed E-state index contributed by atoms with van der Waals surface area (Å²) >= 11 is 0. The summed E-state index contributed by atoms with van der Waals surface area (Å²) in [4.78, 5) is 37.2. The quantitative estimate of drug-likeness (QED) is 0.188. The molecule has 0 spiro atoms. The molecule has 1 saturated heterocycles. The average molecular weight is 443 g/mol. The van der Waals surface area contributed by atoms with Gasteiger partial charge in [-0.25, -0.2) is 0 Å². The molecule has 1 heterocycles. The van der Waals surface area contributed by atoms with Gasteiger partial charge < -0.3 is 28.7 Å². The van der Waals surface area contributed by atoms with Crippen molar-refractivity contribution in [2.75, 3.05) is 79.5 Å². The van der Waals surface area contributed by atoms with Crippen LogP contribution in [-0.2, 0) is 33.3 Å². The highest BCUT2D eigenvalue weighted by Crippen LogP contribution is 2.16. The van der Waals surface area contributed by atoms with Gasteiger partial charge in [0.15, 0.2) is 0 Å². The lowest BCUT2D eigenvalue weighted by Gasteiger charge is -2.30. The van der Waals surface area contributed by atoms with E-state index in [0.29, 0.717) is 72.1 Å². The molecule has 0 saturated carbocycles. The van der Waals surface area contributed by atoms with E-state index in [9.17, 15) is 14.4 Å². The summed E-state index contributed by atoms with van der Waals surface area (Å²) in [6.07, 6.45) is 5.56. The van der Waals surface area contributed by atoms with Crippen molar-refractivity contribution < 1.29 is 33.3 Å². The van der Waals surface area contributed by atoms with E-state index >= 15 is 0 Å². The lowest BCUT2D eigenvalue weighted by atomic mass is 9.99. The smallest absolute Gasteiger partial charge is 0.246 e. The maximum absolute atomic E-state index is 12.1. The number of rotatable bonds is 17. The highest BCUT2D eigenvalue weighted by molar-refractivity contribution is 5.90. The predicted octanol–water partition coefficient (Wildman–Crippen LogP) is 0.915. The van der Waals surface area contributed by atoms with E-state index in [2.05, 4.69) is 6.92 Å². The minimum Gasteiger partial charge on any atom is -0.379 e. The first-order chi connectivity index (χ1) is 15.0. The van der Waals surface area contributed by atoms with Crippen molar-refractivity contribution >= 4 is 18.1 Å². The molecule has 0 aromatic rings. The highest BCUT2D eigenvalue weighted by atomic mass is 16.6. The molecule has 9 nitrogen and oxygen atoms in total. The summed E-state index contributed by atoms with van der Waals surface area (Å²) in [7, 11) is 1.64. The molecule has 1 aliphatic heterocycles. The Morgan fingerprint density at radius 2 is 1.42 bits per heavy atom. The third kappa shape index (κ3) is 14.0. The van der Waals surface area contributed by atoms with Gasteiger partial charge >= 0.3 is 0 Å². The van der Waals surface area contributed by atoms with Gasteiger partial charge in [0.05, 0.1) is 59.3 Å². The largest absolute Gasteiger partial charge is 0.379 e. The van der Waals surface area contributed by atoms with E-state index in [1.807, 2.05) is 4.90 Å². The van der Waals surface area contributed by atoms with Crippen LogP contribution in [0.2, 0.25) is 0 Å². The molecule has 0 aromatic carbocycles. The monoisotopic (exact) mass is 442 g/mol. The fraction of sp³-hybridized carbons (Fsp3) is 0.773. The Labute approximate surface area is 185 Å². The molecule has 0 atom stereocenters. The number of piperidine rings is 1. The molecule has 1 rings (SSSR count). The summed E-state index contributed by atoms with van der Waals surface area (Å²) < 4.78 is 21.7. The fourth-order valence-corrected chi connectivity index (χ4v) is 2.90. The standard InChI is InChI=1S/C22H38N2O7/c1-20-5-8-24(9-6-20)22(27)7-12-28-14-16-30-18-19-31-17-15-29-13-10-23(2)21(26)4-3-11-25/h3-4,11,20H,5-10,12-19H2,1-2H3/b4-3-. The molecule has 0 unspecified atom stereocenters. The SMILES string of the molecule is CC1CCN(C(=O)CCOCCOCCOCCOCCN(C)C(=O)/C=C\C=O)CC1. The summed E-state index contributed by atoms with van der Waals surface area (Å²) in [5.74, 6) is 0.657. The Balaban J connectivity index is 1.81. The molecule has 1 aliphatic rings. The first kappa shape index (κ1) is 27.2. The third-order valence-corrected chi connectivity index (χ3v) is 4.98. The minimum absolute atomic E-state index is 0.177. The third-order valence-electron chi connectivity index (χ3n) is 4.98. The second-order valence-corrected chi connectivity index (χ2v) is 7.52. The molecule has 0 aliphatic carbocycles. The highest BCUT2D eigenvalue weighted by Gasteiger charge is 2.19. The maximum Gasteiger partial charge on any atom is 0.246 e. The van der Waals surface area contributed by atoms with Crippen molar-refractivity contribution in [2.45, 2.75) is 26.2 Å². The number of hydrogen-bond donors (Lipinski definition) is 0. The van der Waals surface area contributed by atoms with Gasteiger partial charge in [-0.1, -0.05) is 6.92 Å². The number of carbonyl (C=O) groups excluding carboxylic acids is 3. The minimum atomic E-state index is -0.239. The van der Waals surface area contributed by atoms with Crippen LogP contribution in [0.15, 0.2) is 12.2 Å². The van der Waals surface area contributed by atoms with Gasteiger partial charge in [-0.3, -0.25) is 14.4 Å². The van der Waals surface area contributed by atoms with E-state index in [1.165, 1.54) is 17.1 Å². The number of aldehydes is 1. The van der Waals surface area contributed by atoms with Crippen LogP contribution in [0.1, 0.15) is 26.2 Å². The summed E-state index contributed by atoms with van der Waals surface area (Å²) in [5, 5.41) is 0. The Kier molecular flexibility index (Phi) is 15.7. The number of likely N-dealkylation sites (N-methyl/N-ethyl adjacent to an activating group) is 1. The van der Waals surface area contributed by atoms with Crippen LogP contribution in [0.25, 0.3) is 0 Å². The molecule has 0 N–H and O–H groups in total. The van der Waals surface area contributed by atoms with Crippen molar-refractivity contribution in [3.63, 3.8) is 0 Å². The molecule has 0 bridgehead atoms. The Morgan fingerprint density at radius 3 is 1.97 bits per heavy atom. The van der Waals surface area contributed by atoms with Crippen LogP contribution in [0.3, 0.4) is 0 Å². The molecule has 0 aromatic heterocycles. The number of carbonyl (C=O) groups is 3. The summed E-state index contributed by atoms with van der Waals surface area (Å²) in [5.41, 5.74) is 0. The number of likely N-dealkylation sites (tertiary alicyclic amines) is 1. The molecule has 178 valence electrons. The fourth-order valence-electron chi connectivity index (χ4n) is 2.90. The number of hydrogen-bond acceptors (Lipinski definition) is 7. The summed E-state index contributed by atoms with van der Waals surface area (Å²) in [6.45, 7) is 7.95. The van der Waals surface area contributed by atoms with Gasteiger partial charge in [-0.15, -0.1) is 0 Å². The van der Waals surface area contributed by atoms with Gasteiger partial charge in [0.25, 0.3) is 0 Å². The van der Waals surface area contributed by atoms with E-state index < -0.39 is 0 Å². The first-order valence-corrected chi connectivity index (χ1v) is 11.0. The molecular formula is C22H38N2O7. The molecule has 9 heteroatoms. The zero-order valence-electron chi connectivity index (χ0n) is 19.0. The van der Waals surface area contributed by atoms with E-state index in [-0.39, 0.29) is 11.8 Å². The van der Waals surface area contributed by atoms with Gasteiger partial charge in [0, 0.05) is 32.8 Å². The second kappa shape index (κ2) is 17.8. The van der Waals surface area contributed by atoms with Crippen LogP contribution in [0.4, 0.5) is 0 Å². The van der Waals surface area contributed by atoms with Crippen LogP contribution in [0.5, 0.6) is 0 Å². The first-order valence-electron chi connectivity index (χ1n) is 11.0. The van der Waals surface area contributed by atoms with Gasteiger partial charge in [0.1, 0.15) is 6.29 Å². The van der Waals surface area contributed by atoms with Crippen molar-refractivity contribution in [3.8, 4) is 0 Å². The van der Waals surface area contributed by atoms with Crippen LogP contribution >= 0.6 is 0 Å². The molecule has 1 fully saturated rings. The average Bonchev–Trinajstić information content (AvgIpc) is 2.77. The van der Waals surface area contributed by atoms with Gasteiger partial charge in [-0.05, 0) is 24.8 Å². The zero-order chi connectivity index (χ0) is 22.7. The molecule has 2 amide bonds. The lowest BCUT2D eigenvalue weighted by Crippen LogP contribution is -2.38. The topological polar surface area (TPSA) is 94.6 Å². The predicted molar refractivity (Wildman–Crippen MR) is 116 cm³/mol. The zero-order valence-corrected chi connectivity index (χ0v) is 19.0. The lowest BCUT2D eigenvalue weighted by molar-refractivity contribution is -0.133. The Bertz CT molecular complexity index is 534. The van der Waals surface area contributed by atoms with Crippen LogP contribution in [-0.4, -0.2) is 107 Å². The van der Waals surface area contributed by atoms with E-state index in [1.54, 1.807) is 7.05 Å². The number of nitrogens with zero attached hydrogens (tertiary/aromatic N) is 2. The van der Waals surface area contributed by atoms with E-state index in [0.717, 1.165) is 31.8 Å². The Morgan fingerprint density at radius 1 is 0.903 bits per heavy atom. The van der Waals surface area contributed by atoms with Crippen molar-refractivity contribution in [3.05, 3.63) is 12.2 Å².